The summed E-state index contributed by atoms with van der Waals surface area (Å²) in [6, 6.07) is 11.2. The van der Waals surface area contributed by atoms with E-state index in [2.05, 4.69) is 36.7 Å². The Morgan fingerprint density at radius 1 is 1.12 bits per heavy atom. The van der Waals surface area contributed by atoms with Crippen LogP contribution in [-0.2, 0) is 6.18 Å². The molecule has 10 heteroatoms. The lowest BCUT2D eigenvalue weighted by Gasteiger charge is -2.08. The molecule has 3 rings (SSSR count). The fraction of sp³-hybridized carbons (Fsp3) is 0.0667. The van der Waals surface area contributed by atoms with Crippen LogP contribution < -0.4 is 5.32 Å². The number of tetrazole rings is 1. The lowest BCUT2D eigenvalue weighted by atomic mass is 10.2. The monoisotopic (exact) mass is 411 g/mol. The molecule has 0 saturated carbocycles. The van der Waals surface area contributed by atoms with Crippen LogP contribution in [0.4, 0.5) is 18.9 Å². The Morgan fingerprint density at radius 2 is 1.84 bits per heavy atom. The van der Waals surface area contributed by atoms with E-state index in [1.54, 1.807) is 24.3 Å². The zero-order chi connectivity index (χ0) is 18.0. The van der Waals surface area contributed by atoms with Crippen molar-refractivity contribution >= 4 is 27.5 Å². The number of halogens is 4. The Balaban J connectivity index is 1.77. The molecule has 1 heterocycles. The van der Waals surface area contributed by atoms with E-state index in [9.17, 15) is 18.0 Å². The van der Waals surface area contributed by atoms with E-state index in [1.165, 1.54) is 12.1 Å². The highest BCUT2D eigenvalue weighted by molar-refractivity contribution is 9.10. The first-order valence-corrected chi connectivity index (χ1v) is 7.67. The lowest BCUT2D eigenvalue weighted by molar-refractivity contribution is -0.137. The maximum Gasteiger partial charge on any atom is 0.416 e. The minimum Gasteiger partial charge on any atom is -0.319 e. The number of anilines is 1. The zero-order valence-corrected chi connectivity index (χ0v) is 13.9. The normalized spacial score (nSPS) is 11.4. The standard InChI is InChI=1S/C15H9BrF3N5O/c16-10-4-6-12(7-5-10)24-22-13(21-23-24)14(25)20-11-3-1-2-9(8-11)15(17,18)19/h1-8H,(H,20,25). The number of nitrogens with one attached hydrogen (secondary N) is 1. The Morgan fingerprint density at radius 3 is 2.52 bits per heavy atom. The number of hydrogen-bond donors (Lipinski definition) is 1. The van der Waals surface area contributed by atoms with Gasteiger partial charge < -0.3 is 5.32 Å². The van der Waals surface area contributed by atoms with Crippen LogP contribution >= 0.6 is 15.9 Å². The van der Waals surface area contributed by atoms with Crippen LogP contribution in [0, 0.1) is 0 Å². The van der Waals surface area contributed by atoms with Crippen LogP contribution in [0.15, 0.2) is 53.0 Å². The molecule has 3 aromatic rings. The summed E-state index contributed by atoms with van der Waals surface area (Å²) < 4.78 is 38.9. The highest BCUT2D eigenvalue weighted by Gasteiger charge is 2.30. The third-order valence-electron chi connectivity index (χ3n) is 3.12. The highest BCUT2D eigenvalue weighted by atomic mass is 79.9. The fourth-order valence-corrected chi connectivity index (χ4v) is 2.21. The van der Waals surface area contributed by atoms with E-state index < -0.39 is 17.6 Å². The molecule has 0 fully saturated rings. The fourth-order valence-electron chi connectivity index (χ4n) is 1.95. The number of carbonyl (C=O) groups excluding carboxylic acids is 1. The van der Waals surface area contributed by atoms with Crippen molar-refractivity contribution in [3.8, 4) is 5.69 Å². The molecule has 25 heavy (non-hydrogen) atoms. The quantitative estimate of drug-likeness (QED) is 0.712. The molecule has 0 saturated heterocycles. The average Bonchev–Trinajstić information content (AvgIpc) is 3.05. The van der Waals surface area contributed by atoms with Crippen molar-refractivity contribution in [2.75, 3.05) is 5.32 Å². The smallest absolute Gasteiger partial charge is 0.319 e. The summed E-state index contributed by atoms with van der Waals surface area (Å²) in [5.74, 6) is -1.02. The van der Waals surface area contributed by atoms with Gasteiger partial charge in [0.15, 0.2) is 0 Å². The molecule has 0 aliphatic rings. The Hall–Kier alpha value is -2.75. The first-order valence-electron chi connectivity index (χ1n) is 6.87. The minimum absolute atomic E-state index is 0.0141. The Kier molecular flexibility index (Phi) is 4.53. The Bertz CT molecular complexity index is 908. The van der Waals surface area contributed by atoms with Gasteiger partial charge in [0.2, 0.25) is 0 Å². The van der Waals surface area contributed by atoms with Gasteiger partial charge in [0.1, 0.15) is 0 Å². The van der Waals surface area contributed by atoms with E-state index in [0.29, 0.717) is 5.69 Å². The molecule has 0 unspecified atom stereocenters. The predicted molar refractivity (Wildman–Crippen MR) is 86.3 cm³/mol. The summed E-state index contributed by atoms with van der Waals surface area (Å²) in [5, 5.41) is 13.6. The summed E-state index contributed by atoms with van der Waals surface area (Å²) in [7, 11) is 0. The molecule has 1 N–H and O–H groups in total. The molecule has 0 atom stereocenters. The third-order valence-corrected chi connectivity index (χ3v) is 3.65. The van der Waals surface area contributed by atoms with Gasteiger partial charge >= 0.3 is 6.18 Å². The number of hydrogen-bond acceptors (Lipinski definition) is 4. The molecule has 6 nitrogen and oxygen atoms in total. The van der Waals surface area contributed by atoms with Crippen LogP contribution in [0.5, 0.6) is 0 Å². The van der Waals surface area contributed by atoms with E-state index in [4.69, 9.17) is 0 Å². The topological polar surface area (TPSA) is 72.7 Å². The number of carbonyl (C=O) groups is 1. The van der Waals surface area contributed by atoms with Crippen LogP contribution in [0.1, 0.15) is 16.2 Å². The van der Waals surface area contributed by atoms with Gasteiger partial charge in [0.05, 0.1) is 11.3 Å². The van der Waals surface area contributed by atoms with Crippen molar-refractivity contribution in [2.24, 2.45) is 0 Å². The van der Waals surface area contributed by atoms with Crippen LogP contribution in [-0.4, -0.2) is 26.1 Å². The SMILES string of the molecule is O=C(Nc1cccc(C(F)(F)F)c1)c1nnn(-c2ccc(Br)cc2)n1. The molecule has 1 amide bonds. The van der Waals surface area contributed by atoms with Gasteiger partial charge in [-0.15, -0.1) is 15.0 Å². The first kappa shape index (κ1) is 17.1. The largest absolute Gasteiger partial charge is 0.416 e. The van der Waals surface area contributed by atoms with Crippen molar-refractivity contribution in [3.63, 3.8) is 0 Å². The number of rotatable bonds is 3. The van der Waals surface area contributed by atoms with Crippen molar-refractivity contribution < 1.29 is 18.0 Å². The van der Waals surface area contributed by atoms with E-state index >= 15 is 0 Å². The number of alkyl halides is 3. The molecule has 128 valence electrons. The maximum atomic E-state index is 12.7. The maximum absolute atomic E-state index is 12.7. The molecule has 0 aliphatic carbocycles. The van der Waals surface area contributed by atoms with Crippen LogP contribution in [0.3, 0.4) is 0 Å². The molecule has 2 aromatic carbocycles. The second-order valence-corrected chi connectivity index (χ2v) is 5.83. The van der Waals surface area contributed by atoms with Gasteiger partial charge in [-0.25, -0.2) is 0 Å². The zero-order valence-electron chi connectivity index (χ0n) is 12.3. The molecule has 1 aromatic heterocycles. The number of aromatic nitrogens is 4. The molecular formula is C15H9BrF3N5O. The van der Waals surface area contributed by atoms with E-state index in [0.717, 1.165) is 21.4 Å². The predicted octanol–water partition coefficient (Wildman–Crippen LogP) is 3.70. The lowest BCUT2D eigenvalue weighted by Crippen LogP contribution is -2.15. The summed E-state index contributed by atoms with van der Waals surface area (Å²) >= 11 is 3.29. The number of benzene rings is 2. The van der Waals surface area contributed by atoms with Crippen LogP contribution in [0.25, 0.3) is 5.69 Å². The highest BCUT2D eigenvalue weighted by Crippen LogP contribution is 2.30. The Labute approximate surface area is 147 Å². The second-order valence-electron chi connectivity index (χ2n) is 4.91. The van der Waals surface area contributed by atoms with Crippen molar-refractivity contribution in [3.05, 3.63) is 64.4 Å². The summed E-state index contributed by atoms with van der Waals surface area (Å²) in [4.78, 5) is 13.2. The molecular weight excluding hydrogens is 403 g/mol. The van der Waals surface area contributed by atoms with Crippen LogP contribution in [0.2, 0.25) is 0 Å². The van der Waals surface area contributed by atoms with E-state index in [1.807, 2.05) is 0 Å². The summed E-state index contributed by atoms with van der Waals surface area (Å²) in [6.45, 7) is 0. The first-order chi connectivity index (χ1) is 11.8. The molecule has 0 spiro atoms. The molecule has 0 radical (unpaired) electrons. The van der Waals surface area contributed by atoms with Gasteiger partial charge in [0.25, 0.3) is 11.7 Å². The van der Waals surface area contributed by atoms with Gasteiger partial charge in [-0.2, -0.15) is 13.2 Å². The average molecular weight is 412 g/mol. The minimum atomic E-state index is -4.50. The van der Waals surface area contributed by atoms with Crippen molar-refractivity contribution in [2.45, 2.75) is 6.18 Å². The number of amides is 1. The van der Waals surface area contributed by atoms with E-state index in [-0.39, 0.29) is 11.5 Å². The summed E-state index contributed by atoms with van der Waals surface area (Å²) in [6.07, 6.45) is -4.50. The third kappa shape index (κ3) is 4.02. The molecule has 0 bridgehead atoms. The second kappa shape index (κ2) is 6.63. The van der Waals surface area contributed by atoms with Gasteiger partial charge in [0, 0.05) is 10.2 Å². The van der Waals surface area contributed by atoms with Gasteiger partial charge in [-0.05, 0) is 47.7 Å². The number of nitrogens with zero attached hydrogens (tertiary/aromatic N) is 4. The molecule has 0 aliphatic heterocycles. The van der Waals surface area contributed by atoms with Crippen molar-refractivity contribution in [1.29, 1.82) is 0 Å². The van der Waals surface area contributed by atoms with Gasteiger partial charge in [-0.3, -0.25) is 4.79 Å². The van der Waals surface area contributed by atoms with Crippen molar-refractivity contribution in [1.82, 2.24) is 20.2 Å². The summed E-state index contributed by atoms with van der Waals surface area (Å²) in [5.41, 5.74) is -0.301. The van der Waals surface area contributed by atoms with Gasteiger partial charge in [-0.1, -0.05) is 22.0 Å².